The summed E-state index contributed by atoms with van der Waals surface area (Å²) in [6.45, 7) is 4.52. The molecule has 14 heavy (non-hydrogen) atoms. The van der Waals surface area contributed by atoms with Crippen LogP contribution >= 0.6 is 0 Å². The molecule has 0 bridgehead atoms. The molecule has 0 aliphatic heterocycles. The first kappa shape index (κ1) is 10.9. The molecule has 0 spiro atoms. The fourth-order valence-corrected chi connectivity index (χ4v) is 1.33. The van der Waals surface area contributed by atoms with Crippen molar-refractivity contribution >= 4 is 5.82 Å². The Labute approximate surface area is 84.3 Å². The molecule has 4 heteroatoms. The lowest BCUT2D eigenvalue weighted by Gasteiger charge is -2.20. The van der Waals surface area contributed by atoms with Crippen molar-refractivity contribution in [2.75, 3.05) is 12.3 Å². The highest BCUT2D eigenvalue weighted by atomic mass is 16.5. The van der Waals surface area contributed by atoms with Gasteiger partial charge in [0.25, 0.3) is 0 Å². The molecular formula is C10H17N3O. The van der Waals surface area contributed by atoms with E-state index in [1.54, 1.807) is 6.20 Å². The first-order valence-electron chi connectivity index (χ1n) is 4.74. The van der Waals surface area contributed by atoms with E-state index >= 15 is 0 Å². The van der Waals surface area contributed by atoms with Gasteiger partial charge < -0.3 is 16.2 Å². The van der Waals surface area contributed by atoms with Gasteiger partial charge in [0, 0.05) is 18.4 Å². The van der Waals surface area contributed by atoms with Crippen LogP contribution in [0.25, 0.3) is 0 Å². The first-order valence-corrected chi connectivity index (χ1v) is 4.74. The smallest absolute Gasteiger partial charge is 0.128 e. The van der Waals surface area contributed by atoms with Crippen molar-refractivity contribution in [3.63, 3.8) is 0 Å². The average Bonchev–Trinajstić information content (AvgIpc) is 2.18. The van der Waals surface area contributed by atoms with Crippen LogP contribution in [-0.4, -0.2) is 17.7 Å². The van der Waals surface area contributed by atoms with Crippen molar-refractivity contribution in [1.82, 2.24) is 4.98 Å². The van der Waals surface area contributed by atoms with Gasteiger partial charge >= 0.3 is 0 Å². The number of ether oxygens (including phenoxy) is 1. The quantitative estimate of drug-likeness (QED) is 0.754. The third kappa shape index (κ3) is 2.43. The number of hydrogen-bond acceptors (Lipinski definition) is 4. The molecule has 0 amide bonds. The molecule has 1 aromatic heterocycles. The van der Waals surface area contributed by atoms with E-state index in [0.29, 0.717) is 12.4 Å². The highest BCUT2D eigenvalue weighted by Crippen LogP contribution is 2.20. The lowest BCUT2D eigenvalue weighted by molar-refractivity contribution is 0.0575. The molecule has 1 rings (SSSR count). The molecule has 4 nitrogen and oxygen atoms in total. The monoisotopic (exact) mass is 195 g/mol. The Morgan fingerprint density at radius 2 is 2.29 bits per heavy atom. The first-order chi connectivity index (χ1) is 6.66. The van der Waals surface area contributed by atoms with Crippen LogP contribution in [0.5, 0.6) is 0 Å². The van der Waals surface area contributed by atoms with Crippen LogP contribution < -0.4 is 11.5 Å². The zero-order valence-corrected chi connectivity index (χ0v) is 8.60. The third-order valence-corrected chi connectivity index (χ3v) is 2.17. The van der Waals surface area contributed by atoms with E-state index in [-0.39, 0.29) is 12.1 Å². The van der Waals surface area contributed by atoms with Crippen molar-refractivity contribution in [3.05, 3.63) is 23.9 Å². The van der Waals surface area contributed by atoms with Crippen LogP contribution in [-0.2, 0) is 4.74 Å². The fraction of sp³-hybridized carbons (Fsp3) is 0.500. The van der Waals surface area contributed by atoms with Gasteiger partial charge in [-0.05, 0) is 19.9 Å². The molecule has 0 saturated carbocycles. The van der Waals surface area contributed by atoms with Gasteiger partial charge in [-0.1, -0.05) is 6.07 Å². The summed E-state index contributed by atoms with van der Waals surface area (Å²) in [7, 11) is 0. The normalized spacial score (nSPS) is 15.1. The van der Waals surface area contributed by atoms with E-state index in [1.807, 2.05) is 26.0 Å². The molecule has 0 aliphatic carbocycles. The molecule has 0 fully saturated rings. The molecule has 78 valence electrons. The van der Waals surface area contributed by atoms with Crippen LogP contribution in [0.15, 0.2) is 18.3 Å². The third-order valence-electron chi connectivity index (χ3n) is 2.17. The highest BCUT2D eigenvalue weighted by Gasteiger charge is 2.17. The van der Waals surface area contributed by atoms with Crippen molar-refractivity contribution in [1.29, 1.82) is 0 Å². The van der Waals surface area contributed by atoms with Gasteiger partial charge in [-0.25, -0.2) is 4.98 Å². The number of nitrogens with zero attached hydrogens (tertiary/aromatic N) is 1. The summed E-state index contributed by atoms with van der Waals surface area (Å²) >= 11 is 0. The second kappa shape index (κ2) is 4.93. The Morgan fingerprint density at radius 1 is 1.57 bits per heavy atom. The number of nitrogens with two attached hydrogens (primary N) is 2. The van der Waals surface area contributed by atoms with E-state index in [0.717, 1.165) is 5.56 Å². The van der Waals surface area contributed by atoms with Crippen LogP contribution in [0.2, 0.25) is 0 Å². The Balaban J connectivity index is 2.78. The second-order valence-electron chi connectivity index (χ2n) is 3.16. The van der Waals surface area contributed by atoms with Crippen LogP contribution in [0, 0.1) is 0 Å². The summed E-state index contributed by atoms with van der Waals surface area (Å²) in [6, 6.07) is 3.48. The number of hydrogen-bond donors (Lipinski definition) is 2. The molecule has 0 saturated heterocycles. The lowest BCUT2D eigenvalue weighted by Crippen LogP contribution is -2.27. The Bertz CT molecular complexity index is 290. The summed E-state index contributed by atoms with van der Waals surface area (Å²) in [5.41, 5.74) is 12.5. The zero-order valence-electron chi connectivity index (χ0n) is 8.60. The SMILES string of the molecule is CCOC(C)C(N)c1cccnc1N. The Morgan fingerprint density at radius 3 is 2.86 bits per heavy atom. The van der Waals surface area contributed by atoms with Crippen molar-refractivity contribution in [2.24, 2.45) is 5.73 Å². The summed E-state index contributed by atoms with van der Waals surface area (Å²) < 4.78 is 5.40. The van der Waals surface area contributed by atoms with Crippen LogP contribution in [0.1, 0.15) is 25.5 Å². The van der Waals surface area contributed by atoms with Gasteiger partial charge in [-0.15, -0.1) is 0 Å². The van der Waals surface area contributed by atoms with Gasteiger partial charge in [0.15, 0.2) is 0 Å². The number of rotatable bonds is 4. The number of anilines is 1. The molecular weight excluding hydrogens is 178 g/mol. The largest absolute Gasteiger partial charge is 0.383 e. The minimum Gasteiger partial charge on any atom is -0.383 e. The lowest BCUT2D eigenvalue weighted by atomic mass is 10.0. The van der Waals surface area contributed by atoms with Gasteiger partial charge in [-0.3, -0.25) is 0 Å². The molecule has 1 heterocycles. The number of nitrogen functional groups attached to an aromatic ring is 1. The second-order valence-corrected chi connectivity index (χ2v) is 3.16. The maximum absolute atomic E-state index is 5.98. The summed E-state index contributed by atoms with van der Waals surface area (Å²) in [5.74, 6) is 0.478. The van der Waals surface area contributed by atoms with E-state index < -0.39 is 0 Å². The molecule has 1 aromatic rings. The number of pyridine rings is 1. The number of aromatic nitrogens is 1. The predicted octanol–water partition coefficient (Wildman–Crippen LogP) is 1.09. The van der Waals surface area contributed by atoms with Gasteiger partial charge in [-0.2, -0.15) is 0 Å². The maximum atomic E-state index is 5.98. The van der Waals surface area contributed by atoms with Gasteiger partial charge in [0.2, 0.25) is 0 Å². The molecule has 2 unspecified atom stereocenters. The molecule has 0 radical (unpaired) electrons. The van der Waals surface area contributed by atoms with E-state index in [1.165, 1.54) is 0 Å². The molecule has 2 atom stereocenters. The molecule has 0 aromatic carbocycles. The Kier molecular flexibility index (Phi) is 3.85. The maximum Gasteiger partial charge on any atom is 0.128 e. The van der Waals surface area contributed by atoms with Crippen molar-refractivity contribution < 1.29 is 4.74 Å². The molecule has 0 aliphatic rings. The molecule has 4 N–H and O–H groups in total. The Hall–Kier alpha value is -1.13. The topological polar surface area (TPSA) is 74.2 Å². The van der Waals surface area contributed by atoms with Gasteiger partial charge in [0.1, 0.15) is 5.82 Å². The standard InChI is InChI=1S/C10H17N3O/c1-3-14-7(2)9(11)8-5-4-6-13-10(8)12/h4-7,9H,3,11H2,1-2H3,(H2,12,13). The minimum absolute atomic E-state index is 0.0495. The van der Waals surface area contributed by atoms with E-state index in [9.17, 15) is 0 Å². The van der Waals surface area contributed by atoms with Crippen molar-refractivity contribution in [2.45, 2.75) is 26.0 Å². The minimum atomic E-state index is -0.219. The highest BCUT2D eigenvalue weighted by molar-refractivity contribution is 5.41. The summed E-state index contributed by atoms with van der Waals surface area (Å²) in [4.78, 5) is 3.98. The van der Waals surface area contributed by atoms with E-state index in [4.69, 9.17) is 16.2 Å². The van der Waals surface area contributed by atoms with Crippen molar-refractivity contribution in [3.8, 4) is 0 Å². The summed E-state index contributed by atoms with van der Waals surface area (Å²) in [6.07, 6.45) is 1.60. The van der Waals surface area contributed by atoms with Gasteiger partial charge in [0.05, 0.1) is 12.1 Å². The zero-order chi connectivity index (χ0) is 10.6. The fourth-order valence-electron chi connectivity index (χ4n) is 1.33. The van der Waals surface area contributed by atoms with E-state index in [2.05, 4.69) is 4.98 Å². The van der Waals surface area contributed by atoms with Crippen LogP contribution in [0.4, 0.5) is 5.82 Å². The van der Waals surface area contributed by atoms with Crippen LogP contribution in [0.3, 0.4) is 0 Å². The summed E-state index contributed by atoms with van der Waals surface area (Å²) in [5, 5.41) is 0. The predicted molar refractivity (Wildman–Crippen MR) is 56.7 cm³/mol. The average molecular weight is 195 g/mol.